The number of nitrogens with zero attached hydrogens (tertiary/aromatic N) is 1. The van der Waals surface area contributed by atoms with E-state index in [9.17, 15) is 14.9 Å². The quantitative estimate of drug-likeness (QED) is 0.705. The minimum absolute atomic E-state index is 0.0756. The molecule has 2 aromatic carbocycles. The van der Waals surface area contributed by atoms with Gasteiger partial charge in [-0.15, -0.1) is 0 Å². The third-order valence-electron chi connectivity index (χ3n) is 5.16. The number of hydrogen-bond acceptors (Lipinski definition) is 5. The number of carbonyl (C=O) groups is 2. The summed E-state index contributed by atoms with van der Waals surface area (Å²) in [5, 5.41) is 16.0. The van der Waals surface area contributed by atoms with Gasteiger partial charge in [0, 0.05) is 23.6 Å². The molecule has 0 radical (unpaired) electrons. The van der Waals surface area contributed by atoms with Gasteiger partial charge in [0.1, 0.15) is 5.75 Å². The van der Waals surface area contributed by atoms with Crippen LogP contribution in [0.4, 0.5) is 5.69 Å². The molecule has 0 saturated heterocycles. The molecule has 0 aliphatic carbocycles. The first-order valence-electron chi connectivity index (χ1n) is 9.91. The maximum absolute atomic E-state index is 12.6. The smallest absolute Gasteiger partial charge is 0.234 e. The van der Waals surface area contributed by atoms with Gasteiger partial charge >= 0.3 is 0 Å². The number of methoxy groups -OCH3 is 1. The molecule has 1 aliphatic heterocycles. The van der Waals surface area contributed by atoms with E-state index in [1.54, 1.807) is 7.11 Å². The summed E-state index contributed by atoms with van der Waals surface area (Å²) in [4.78, 5) is 25.0. The third-order valence-corrected chi connectivity index (χ3v) is 6.18. The van der Waals surface area contributed by atoms with Gasteiger partial charge in [0.25, 0.3) is 0 Å². The van der Waals surface area contributed by atoms with Crippen molar-refractivity contribution < 1.29 is 14.3 Å². The Morgan fingerprint density at radius 2 is 1.94 bits per heavy atom. The second-order valence-electron chi connectivity index (χ2n) is 7.51. The molecule has 31 heavy (non-hydrogen) atoms. The SMILES string of the molecule is COc1ccccc1[C@@H]1CC(=O)NC(SCC(=O)Nc2c(C)cc(C)cc2C)=C1C#N. The second kappa shape index (κ2) is 9.71. The van der Waals surface area contributed by atoms with Crippen LogP contribution in [-0.4, -0.2) is 24.7 Å². The molecule has 2 N–H and O–H groups in total. The summed E-state index contributed by atoms with van der Waals surface area (Å²) in [6, 6.07) is 13.6. The molecule has 1 aliphatic rings. The van der Waals surface area contributed by atoms with Gasteiger partial charge in [0.15, 0.2) is 0 Å². The van der Waals surface area contributed by atoms with Crippen LogP contribution in [0.25, 0.3) is 0 Å². The molecule has 2 amide bonds. The van der Waals surface area contributed by atoms with E-state index in [4.69, 9.17) is 4.74 Å². The number of hydrogen-bond donors (Lipinski definition) is 2. The van der Waals surface area contributed by atoms with Crippen LogP contribution in [0, 0.1) is 32.1 Å². The summed E-state index contributed by atoms with van der Waals surface area (Å²) in [7, 11) is 1.56. The van der Waals surface area contributed by atoms with Crippen LogP contribution in [0.1, 0.15) is 34.6 Å². The second-order valence-corrected chi connectivity index (χ2v) is 8.50. The van der Waals surface area contributed by atoms with Gasteiger partial charge in [-0.2, -0.15) is 5.26 Å². The fraction of sp³-hybridized carbons (Fsp3) is 0.292. The maximum Gasteiger partial charge on any atom is 0.234 e. The van der Waals surface area contributed by atoms with Crippen molar-refractivity contribution in [2.45, 2.75) is 33.1 Å². The Kier molecular flexibility index (Phi) is 7.03. The van der Waals surface area contributed by atoms with Crippen molar-refractivity contribution in [3.05, 3.63) is 69.3 Å². The van der Waals surface area contributed by atoms with Crippen molar-refractivity contribution in [2.24, 2.45) is 0 Å². The average Bonchev–Trinajstić information content (AvgIpc) is 2.74. The van der Waals surface area contributed by atoms with Crippen molar-refractivity contribution in [3.63, 3.8) is 0 Å². The van der Waals surface area contributed by atoms with Crippen molar-refractivity contribution in [2.75, 3.05) is 18.2 Å². The molecule has 7 heteroatoms. The fourth-order valence-corrected chi connectivity index (χ4v) is 4.72. The molecule has 1 atom stereocenters. The van der Waals surface area contributed by atoms with Gasteiger partial charge in [-0.1, -0.05) is 47.7 Å². The van der Waals surface area contributed by atoms with Gasteiger partial charge < -0.3 is 15.4 Å². The van der Waals surface area contributed by atoms with E-state index in [1.165, 1.54) is 0 Å². The summed E-state index contributed by atoms with van der Waals surface area (Å²) in [5.74, 6) is -0.0994. The van der Waals surface area contributed by atoms with Crippen LogP contribution in [0.15, 0.2) is 47.0 Å². The van der Waals surface area contributed by atoms with E-state index in [0.717, 1.165) is 39.7 Å². The summed E-state index contributed by atoms with van der Waals surface area (Å²) >= 11 is 1.16. The predicted octanol–water partition coefficient (Wildman–Crippen LogP) is 4.33. The Labute approximate surface area is 186 Å². The highest BCUT2D eigenvalue weighted by Gasteiger charge is 2.31. The van der Waals surface area contributed by atoms with Crippen molar-refractivity contribution >= 4 is 29.3 Å². The summed E-state index contributed by atoms with van der Waals surface area (Å²) < 4.78 is 5.42. The first kappa shape index (κ1) is 22.4. The number of rotatable bonds is 6. The van der Waals surface area contributed by atoms with Crippen LogP contribution in [0.3, 0.4) is 0 Å². The number of nitrogens with one attached hydrogen (secondary N) is 2. The zero-order valence-corrected chi connectivity index (χ0v) is 18.9. The van der Waals surface area contributed by atoms with Gasteiger partial charge in [0.2, 0.25) is 11.8 Å². The fourth-order valence-electron chi connectivity index (χ4n) is 3.84. The van der Waals surface area contributed by atoms with E-state index < -0.39 is 5.92 Å². The molecule has 0 fully saturated rings. The zero-order chi connectivity index (χ0) is 22.5. The molecule has 0 spiro atoms. The lowest BCUT2D eigenvalue weighted by molar-refractivity contribution is -0.121. The number of allylic oxidation sites excluding steroid dienone is 1. The molecule has 3 rings (SSSR count). The van der Waals surface area contributed by atoms with Crippen LogP contribution >= 0.6 is 11.8 Å². The molecule has 6 nitrogen and oxygen atoms in total. The summed E-state index contributed by atoms with van der Waals surface area (Å²) in [5.41, 5.74) is 5.14. The van der Waals surface area contributed by atoms with Gasteiger partial charge in [-0.05, 0) is 38.0 Å². The Hall–Kier alpha value is -3.24. The molecule has 1 heterocycles. The summed E-state index contributed by atoms with van der Waals surface area (Å²) in [6.45, 7) is 5.93. The van der Waals surface area contributed by atoms with E-state index in [0.29, 0.717) is 16.4 Å². The van der Waals surface area contributed by atoms with E-state index in [2.05, 4.69) is 16.7 Å². The number of carbonyl (C=O) groups excluding carboxylic acids is 2. The first-order valence-corrected chi connectivity index (χ1v) is 10.9. The molecule has 0 saturated carbocycles. The predicted molar refractivity (Wildman–Crippen MR) is 123 cm³/mol. The largest absolute Gasteiger partial charge is 0.496 e. The van der Waals surface area contributed by atoms with Crippen LogP contribution in [0.2, 0.25) is 0 Å². The van der Waals surface area contributed by atoms with E-state index >= 15 is 0 Å². The van der Waals surface area contributed by atoms with Crippen LogP contribution < -0.4 is 15.4 Å². The number of thioether (sulfide) groups is 1. The van der Waals surface area contributed by atoms with Crippen LogP contribution in [-0.2, 0) is 9.59 Å². The van der Waals surface area contributed by atoms with Crippen molar-refractivity contribution in [1.82, 2.24) is 5.32 Å². The standard InChI is InChI=1S/C24H25N3O3S/c1-14-9-15(2)23(16(3)10-14)26-22(29)13-31-24-19(12-25)18(11-21(28)27-24)17-7-5-6-8-20(17)30-4/h5-10,18H,11,13H2,1-4H3,(H,26,29)(H,27,28)/t18-/m0/s1. The molecule has 0 bridgehead atoms. The normalized spacial score (nSPS) is 15.8. The number of amides is 2. The highest BCUT2D eigenvalue weighted by atomic mass is 32.2. The molecular weight excluding hydrogens is 410 g/mol. The lowest BCUT2D eigenvalue weighted by Crippen LogP contribution is -2.31. The maximum atomic E-state index is 12.6. The number of benzene rings is 2. The highest BCUT2D eigenvalue weighted by molar-refractivity contribution is 8.03. The molecular formula is C24H25N3O3S. The number of ether oxygens (including phenoxy) is 1. The Morgan fingerprint density at radius 3 is 2.58 bits per heavy atom. The number of aryl methyl sites for hydroxylation is 3. The molecule has 0 unspecified atom stereocenters. The Bertz CT molecular complexity index is 1080. The Morgan fingerprint density at radius 1 is 1.26 bits per heavy atom. The number of anilines is 1. The van der Waals surface area contributed by atoms with Crippen molar-refractivity contribution in [1.29, 1.82) is 5.26 Å². The van der Waals surface area contributed by atoms with E-state index in [-0.39, 0.29) is 24.0 Å². The van der Waals surface area contributed by atoms with Crippen molar-refractivity contribution in [3.8, 4) is 11.8 Å². The number of para-hydroxylation sites is 1. The number of nitriles is 1. The first-order chi connectivity index (χ1) is 14.8. The van der Waals surface area contributed by atoms with E-state index in [1.807, 2.05) is 57.2 Å². The molecule has 2 aromatic rings. The summed E-state index contributed by atoms with van der Waals surface area (Å²) in [6.07, 6.45) is 0.154. The topological polar surface area (TPSA) is 91.2 Å². The lowest BCUT2D eigenvalue weighted by Gasteiger charge is -2.26. The monoisotopic (exact) mass is 435 g/mol. The Balaban J connectivity index is 1.81. The van der Waals surface area contributed by atoms with Gasteiger partial charge in [0.05, 0.1) is 29.5 Å². The highest BCUT2D eigenvalue weighted by Crippen LogP contribution is 2.39. The third kappa shape index (κ3) is 5.09. The van der Waals surface area contributed by atoms with Gasteiger partial charge in [-0.25, -0.2) is 0 Å². The van der Waals surface area contributed by atoms with Gasteiger partial charge in [-0.3, -0.25) is 9.59 Å². The van der Waals surface area contributed by atoms with Crippen LogP contribution in [0.5, 0.6) is 5.75 Å². The lowest BCUT2D eigenvalue weighted by atomic mass is 9.86. The minimum Gasteiger partial charge on any atom is -0.496 e. The minimum atomic E-state index is -0.415. The average molecular weight is 436 g/mol. The zero-order valence-electron chi connectivity index (χ0n) is 18.0. The molecule has 0 aromatic heterocycles. The molecule has 160 valence electrons.